The summed E-state index contributed by atoms with van der Waals surface area (Å²) in [4.78, 5) is 4.15. The van der Waals surface area contributed by atoms with Gasteiger partial charge in [0.15, 0.2) is 5.17 Å². The van der Waals surface area contributed by atoms with Crippen LogP contribution in [0.4, 0.5) is 13.2 Å². The summed E-state index contributed by atoms with van der Waals surface area (Å²) in [6, 6.07) is 0. The third-order valence-electron chi connectivity index (χ3n) is 1.71. The second kappa shape index (κ2) is 5.48. The topological polar surface area (TPSA) is 24.4 Å². The van der Waals surface area contributed by atoms with Crippen LogP contribution in [0.15, 0.2) is 4.99 Å². The van der Waals surface area contributed by atoms with Crippen molar-refractivity contribution < 1.29 is 13.2 Å². The van der Waals surface area contributed by atoms with Crippen LogP contribution in [0.3, 0.4) is 0 Å². The van der Waals surface area contributed by atoms with Crippen LogP contribution in [-0.2, 0) is 0 Å². The van der Waals surface area contributed by atoms with E-state index in [1.54, 1.807) is 11.8 Å². The fourth-order valence-electron chi connectivity index (χ4n) is 1.05. The summed E-state index contributed by atoms with van der Waals surface area (Å²) in [5, 5.41) is 3.70. The van der Waals surface area contributed by atoms with Gasteiger partial charge in [0.05, 0.1) is 0 Å². The van der Waals surface area contributed by atoms with Gasteiger partial charge in [-0.3, -0.25) is 4.99 Å². The highest BCUT2D eigenvalue weighted by Gasteiger charge is 2.25. The molecule has 0 bridgehead atoms. The summed E-state index contributed by atoms with van der Waals surface area (Å²) in [5.41, 5.74) is 0. The van der Waals surface area contributed by atoms with E-state index in [4.69, 9.17) is 0 Å². The van der Waals surface area contributed by atoms with Crippen LogP contribution in [0.1, 0.15) is 19.3 Å². The highest BCUT2D eigenvalue weighted by molar-refractivity contribution is 8.13. The summed E-state index contributed by atoms with van der Waals surface area (Å²) in [5.74, 6) is 1.01. The molecule has 82 valence electrons. The van der Waals surface area contributed by atoms with Crippen molar-refractivity contribution in [2.45, 2.75) is 25.4 Å². The molecule has 1 aliphatic rings. The monoisotopic (exact) mass is 226 g/mol. The van der Waals surface area contributed by atoms with Crippen molar-refractivity contribution in [2.24, 2.45) is 4.99 Å². The van der Waals surface area contributed by atoms with Gasteiger partial charge in [-0.25, -0.2) is 0 Å². The SMILES string of the molecule is FC(F)(F)CCCNC1=NCCCS1. The molecule has 0 amide bonds. The van der Waals surface area contributed by atoms with Gasteiger partial charge in [-0.2, -0.15) is 13.2 Å². The first-order valence-corrected chi connectivity index (χ1v) is 5.54. The van der Waals surface area contributed by atoms with E-state index in [0.717, 1.165) is 23.9 Å². The molecule has 0 aromatic heterocycles. The molecule has 0 radical (unpaired) electrons. The molecule has 0 saturated carbocycles. The Balaban J connectivity index is 2.06. The van der Waals surface area contributed by atoms with E-state index in [1.807, 2.05) is 0 Å². The normalized spacial score (nSPS) is 17.8. The molecule has 6 heteroatoms. The molecule has 1 aliphatic heterocycles. The number of alkyl halides is 3. The average Bonchev–Trinajstić information content (AvgIpc) is 2.13. The molecule has 0 spiro atoms. The van der Waals surface area contributed by atoms with Crippen molar-refractivity contribution in [3.05, 3.63) is 0 Å². The van der Waals surface area contributed by atoms with Gasteiger partial charge < -0.3 is 5.32 Å². The van der Waals surface area contributed by atoms with Gasteiger partial charge in [-0.1, -0.05) is 11.8 Å². The van der Waals surface area contributed by atoms with Gasteiger partial charge in [0, 0.05) is 25.3 Å². The van der Waals surface area contributed by atoms with E-state index < -0.39 is 12.6 Å². The van der Waals surface area contributed by atoms with Crippen LogP contribution in [-0.4, -0.2) is 30.2 Å². The van der Waals surface area contributed by atoms with E-state index in [2.05, 4.69) is 10.3 Å². The number of aliphatic imine (C=N–C) groups is 1. The Morgan fingerprint density at radius 2 is 2.21 bits per heavy atom. The number of hydrogen-bond acceptors (Lipinski definition) is 3. The van der Waals surface area contributed by atoms with Crippen LogP contribution >= 0.6 is 11.8 Å². The summed E-state index contributed by atoms with van der Waals surface area (Å²) in [6.07, 6.45) is -3.59. The zero-order valence-corrected chi connectivity index (χ0v) is 8.55. The summed E-state index contributed by atoms with van der Waals surface area (Å²) in [7, 11) is 0. The molecule has 0 saturated heterocycles. The number of amidine groups is 1. The molecule has 0 atom stereocenters. The summed E-state index contributed by atoms with van der Waals surface area (Å²) in [6.45, 7) is 1.14. The van der Waals surface area contributed by atoms with Gasteiger partial charge in [-0.15, -0.1) is 0 Å². The van der Waals surface area contributed by atoms with Crippen molar-refractivity contribution in [3.63, 3.8) is 0 Å². The van der Waals surface area contributed by atoms with Gasteiger partial charge in [0.2, 0.25) is 0 Å². The molecular formula is C8H13F3N2S. The molecule has 0 aromatic rings. The van der Waals surface area contributed by atoms with E-state index >= 15 is 0 Å². The maximum atomic E-state index is 11.8. The lowest BCUT2D eigenvalue weighted by Gasteiger charge is -2.13. The predicted molar refractivity (Wildman–Crippen MR) is 52.7 cm³/mol. The largest absolute Gasteiger partial charge is 0.389 e. The molecule has 0 fully saturated rings. The number of hydrogen-bond donors (Lipinski definition) is 1. The lowest BCUT2D eigenvalue weighted by Crippen LogP contribution is -2.25. The second-order valence-corrected chi connectivity index (χ2v) is 4.12. The minimum Gasteiger partial charge on any atom is -0.365 e. The first-order chi connectivity index (χ1) is 6.58. The predicted octanol–water partition coefficient (Wildman–Crippen LogP) is 2.41. The van der Waals surface area contributed by atoms with Crippen molar-refractivity contribution in [2.75, 3.05) is 18.8 Å². The first-order valence-electron chi connectivity index (χ1n) is 4.56. The standard InChI is InChI=1S/C8H13F3N2S/c9-8(10,11)3-1-4-12-7-13-5-2-6-14-7/h1-6H2,(H,12,13). The lowest BCUT2D eigenvalue weighted by atomic mass is 10.3. The van der Waals surface area contributed by atoms with Crippen molar-refractivity contribution >= 4 is 16.9 Å². The number of halogens is 3. The smallest absolute Gasteiger partial charge is 0.365 e. The molecule has 2 nitrogen and oxygen atoms in total. The minimum atomic E-state index is -4.04. The lowest BCUT2D eigenvalue weighted by molar-refractivity contribution is -0.135. The Bertz CT molecular complexity index is 203. The molecule has 1 N–H and O–H groups in total. The van der Waals surface area contributed by atoms with Gasteiger partial charge in [0.25, 0.3) is 0 Å². The fourth-order valence-corrected chi connectivity index (χ4v) is 1.90. The average molecular weight is 226 g/mol. The number of nitrogens with one attached hydrogen (secondary N) is 1. The van der Waals surface area contributed by atoms with E-state index in [0.29, 0.717) is 6.54 Å². The summed E-state index contributed by atoms with van der Waals surface area (Å²) >= 11 is 1.58. The number of rotatable bonds is 3. The van der Waals surface area contributed by atoms with E-state index in [-0.39, 0.29) is 6.42 Å². The van der Waals surface area contributed by atoms with Crippen LogP contribution in [0, 0.1) is 0 Å². The zero-order chi connectivity index (χ0) is 10.4. The van der Waals surface area contributed by atoms with Crippen LogP contribution in [0.2, 0.25) is 0 Å². The maximum absolute atomic E-state index is 11.8. The van der Waals surface area contributed by atoms with E-state index in [9.17, 15) is 13.2 Å². The molecule has 1 rings (SSSR count). The van der Waals surface area contributed by atoms with Crippen LogP contribution in [0.5, 0.6) is 0 Å². The van der Waals surface area contributed by atoms with Crippen LogP contribution in [0.25, 0.3) is 0 Å². The van der Waals surface area contributed by atoms with Gasteiger partial charge in [0.1, 0.15) is 0 Å². The van der Waals surface area contributed by atoms with Crippen molar-refractivity contribution in [1.82, 2.24) is 5.32 Å². The number of thioether (sulfide) groups is 1. The Morgan fingerprint density at radius 3 is 2.79 bits per heavy atom. The Morgan fingerprint density at radius 1 is 1.43 bits per heavy atom. The molecular weight excluding hydrogens is 213 g/mol. The van der Waals surface area contributed by atoms with Crippen molar-refractivity contribution in [1.29, 1.82) is 0 Å². The van der Waals surface area contributed by atoms with E-state index in [1.165, 1.54) is 0 Å². The quantitative estimate of drug-likeness (QED) is 0.747. The van der Waals surface area contributed by atoms with Crippen LogP contribution < -0.4 is 5.32 Å². The van der Waals surface area contributed by atoms with Gasteiger partial charge in [-0.05, 0) is 12.8 Å². The summed E-state index contributed by atoms with van der Waals surface area (Å²) < 4.78 is 35.3. The first kappa shape index (κ1) is 11.7. The molecule has 0 aliphatic carbocycles. The molecule has 1 heterocycles. The third kappa shape index (κ3) is 5.36. The highest BCUT2D eigenvalue weighted by atomic mass is 32.2. The molecule has 14 heavy (non-hydrogen) atoms. The van der Waals surface area contributed by atoms with Crippen molar-refractivity contribution in [3.8, 4) is 0 Å². The Hall–Kier alpha value is -0.390. The third-order valence-corrected chi connectivity index (χ3v) is 2.75. The molecule has 0 aromatic carbocycles. The second-order valence-electron chi connectivity index (χ2n) is 3.03. The molecule has 0 unspecified atom stereocenters. The fraction of sp³-hybridized carbons (Fsp3) is 0.875. The van der Waals surface area contributed by atoms with Gasteiger partial charge >= 0.3 is 6.18 Å². The zero-order valence-electron chi connectivity index (χ0n) is 7.73. The maximum Gasteiger partial charge on any atom is 0.389 e. The Kier molecular flexibility index (Phi) is 4.57. The minimum absolute atomic E-state index is 0.114. The highest BCUT2D eigenvalue weighted by Crippen LogP contribution is 2.20. The number of nitrogens with zero attached hydrogens (tertiary/aromatic N) is 1. The Labute approximate surface area is 85.4 Å².